The minimum Gasteiger partial charge on any atom is -0.456 e. The number of hydrogen-bond donors (Lipinski definition) is 1. The molecule has 0 fully saturated rings. The van der Waals surface area contributed by atoms with Gasteiger partial charge in [-0.25, -0.2) is 4.79 Å². The normalized spacial score (nSPS) is 16.4. The molecule has 1 rings (SSSR count). The predicted molar refractivity (Wildman–Crippen MR) is 74.1 cm³/mol. The SMILES string of the molecule is CCC(C)(C)OC(=O)C1=C(C)C=C(CN)C=CC1. The predicted octanol–water partition coefficient (Wildman–Crippen LogP) is 2.88. The second-order valence-electron chi connectivity index (χ2n) is 5.19. The van der Waals surface area contributed by atoms with Gasteiger partial charge in [-0.1, -0.05) is 25.2 Å². The third-order valence-corrected chi connectivity index (χ3v) is 3.23. The van der Waals surface area contributed by atoms with E-state index < -0.39 is 5.60 Å². The monoisotopic (exact) mass is 249 g/mol. The van der Waals surface area contributed by atoms with E-state index in [1.54, 1.807) is 0 Å². The number of allylic oxidation sites excluding steroid dienone is 3. The van der Waals surface area contributed by atoms with Crippen LogP contribution in [0.3, 0.4) is 0 Å². The van der Waals surface area contributed by atoms with Gasteiger partial charge in [0.2, 0.25) is 0 Å². The van der Waals surface area contributed by atoms with Gasteiger partial charge < -0.3 is 10.5 Å². The number of rotatable bonds is 4. The third-order valence-electron chi connectivity index (χ3n) is 3.23. The molecule has 0 amide bonds. The molecule has 0 aromatic carbocycles. The highest BCUT2D eigenvalue weighted by atomic mass is 16.6. The Morgan fingerprint density at radius 2 is 2.17 bits per heavy atom. The molecule has 0 spiro atoms. The molecule has 0 aromatic heterocycles. The molecule has 100 valence electrons. The second kappa shape index (κ2) is 6.01. The lowest BCUT2D eigenvalue weighted by molar-refractivity contribution is -0.151. The first-order valence-electron chi connectivity index (χ1n) is 6.40. The van der Waals surface area contributed by atoms with E-state index in [0.29, 0.717) is 13.0 Å². The zero-order valence-electron chi connectivity index (χ0n) is 11.7. The van der Waals surface area contributed by atoms with Crippen molar-refractivity contribution in [1.29, 1.82) is 0 Å². The Labute approximate surface area is 109 Å². The van der Waals surface area contributed by atoms with Crippen LogP contribution in [0.5, 0.6) is 0 Å². The Kier molecular flexibility index (Phi) is 4.91. The Hall–Kier alpha value is -1.35. The molecule has 0 unspecified atom stereocenters. The van der Waals surface area contributed by atoms with E-state index in [1.807, 2.05) is 45.9 Å². The molecule has 0 heterocycles. The fraction of sp³-hybridized carbons (Fsp3) is 0.533. The van der Waals surface area contributed by atoms with Gasteiger partial charge in [0.05, 0.1) is 0 Å². The summed E-state index contributed by atoms with van der Waals surface area (Å²) in [6, 6.07) is 0. The maximum Gasteiger partial charge on any atom is 0.335 e. The van der Waals surface area contributed by atoms with Crippen molar-refractivity contribution in [1.82, 2.24) is 0 Å². The van der Waals surface area contributed by atoms with Crippen molar-refractivity contribution in [2.24, 2.45) is 5.73 Å². The van der Waals surface area contributed by atoms with Crippen molar-refractivity contribution in [2.45, 2.75) is 46.1 Å². The number of esters is 1. The smallest absolute Gasteiger partial charge is 0.335 e. The van der Waals surface area contributed by atoms with E-state index >= 15 is 0 Å². The van der Waals surface area contributed by atoms with Crippen molar-refractivity contribution in [3.63, 3.8) is 0 Å². The van der Waals surface area contributed by atoms with Gasteiger partial charge in [-0.2, -0.15) is 0 Å². The Morgan fingerprint density at radius 1 is 1.50 bits per heavy atom. The highest BCUT2D eigenvalue weighted by Gasteiger charge is 2.23. The Bertz CT molecular complexity index is 414. The standard InChI is InChI=1S/C15H23NO2/c1-5-15(3,4)18-14(17)13-8-6-7-12(10-16)9-11(13)2/h6-7,9H,5,8,10,16H2,1-4H3. The summed E-state index contributed by atoms with van der Waals surface area (Å²) >= 11 is 0. The van der Waals surface area contributed by atoms with Crippen LogP contribution in [0.25, 0.3) is 0 Å². The molecule has 1 aliphatic rings. The van der Waals surface area contributed by atoms with Gasteiger partial charge in [-0.3, -0.25) is 0 Å². The van der Waals surface area contributed by atoms with Crippen molar-refractivity contribution < 1.29 is 9.53 Å². The highest BCUT2D eigenvalue weighted by molar-refractivity contribution is 5.90. The topological polar surface area (TPSA) is 52.3 Å². The maximum atomic E-state index is 12.2. The summed E-state index contributed by atoms with van der Waals surface area (Å²) in [6.45, 7) is 8.27. The van der Waals surface area contributed by atoms with Crippen LogP contribution in [-0.4, -0.2) is 18.1 Å². The largest absolute Gasteiger partial charge is 0.456 e. The van der Waals surface area contributed by atoms with E-state index in [1.165, 1.54) is 0 Å². The molecule has 3 heteroatoms. The molecule has 0 saturated heterocycles. The Morgan fingerprint density at radius 3 is 2.72 bits per heavy atom. The van der Waals surface area contributed by atoms with Crippen LogP contribution in [0.4, 0.5) is 0 Å². The van der Waals surface area contributed by atoms with Gasteiger partial charge >= 0.3 is 5.97 Å². The molecule has 0 aliphatic heterocycles. The van der Waals surface area contributed by atoms with Crippen LogP contribution < -0.4 is 5.73 Å². The van der Waals surface area contributed by atoms with Crippen LogP contribution in [0.2, 0.25) is 0 Å². The molecule has 0 saturated carbocycles. The lowest BCUT2D eigenvalue weighted by Crippen LogP contribution is -2.28. The summed E-state index contributed by atoms with van der Waals surface area (Å²) in [5.74, 6) is -0.224. The molecule has 0 radical (unpaired) electrons. The number of ether oxygens (including phenoxy) is 1. The van der Waals surface area contributed by atoms with Gasteiger partial charge in [0.15, 0.2) is 0 Å². The summed E-state index contributed by atoms with van der Waals surface area (Å²) in [6.07, 6.45) is 7.29. The van der Waals surface area contributed by atoms with Gasteiger partial charge in [-0.15, -0.1) is 0 Å². The molecule has 3 nitrogen and oxygen atoms in total. The minimum absolute atomic E-state index is 0.224. The van der Waals surface area contributed by atoms with Crippen LogP contribution in [0.15, 0.2) is 34.9 Å². The van der Waals surface area contributed by atoms with Crippen LogP contribution >= 0.6 is 0 Å². The first-order valence-corrected chi connectivity index (χ1v) is 6.40. The van der Waals surface area contributed by atoms with Gasteiger partial charge in [0.25, 0.3) is 0 Å². The first kappa shape index (κ1) is 14.7. The van der Waals surface area contributed by atoms with Crippen molar-refractivity contribution in [3.05, 3.63) is 34.9 Å². The van der Waals surface area contributed by atoms with Gasteiger partial charge in [-0.05, 0) is 44.8 Å². The van der Waals surface area contributed by atoms with Crippen molar-refractivity contribution in [2.75, 3.05) is 6.54 Å². The quantitative estimate of drug-likeness (QED) is 0.779. The van der Waals surface area contributed by atoms with Crippen LogP contribution in [0.1, 0.15) is 40.5 Å². The summed E-state index contributed by atoms with van der Waals surface area (Å²) in [4.78, 5) is 12.2. The third kappa shape index (κ3) is 3.84. The van der Waals surface area contributed by atoms with E-state index in [9.17, 15) is 4.79 Å². The van der Waals surface area contributed by atoms with Gasteiger partial charge in [0, 0.05) is 12.1 Å². The summed E-state index contributed by atoms with van der Waals surface area (Å²) < 4.78 is 5.53. The molecule has 0 bridgehead atoms. The zero-order chi connectivity index (χ0) is 13.8. The van der Waals surface area contributed by atoms with Crippen LogP contribution in [-0.2, 0) is 9.53 Å². The fourth-order valence-electron chi connectivity index (χ4n) is 1.66. The van der Waals surface area contributed by atoms with Crippen LogP contribution in [0, 0.1) is 0 Å². The molecule has 0 atom stereocenters. The van der Waals surface area contributed by atoms with E-state index in [-0.39, 0.29) is 5.97 Å². The van der Waals surface area contributed by atoms with E-state index in [0.717, 1.165) is 23.1 Å². The minimum atomic E-state index is -0.416. The number of hydrogen-bond acceptors (Lipinski definition) is 3. The maximum absolute atomic E-state index is 12.2. The van der Waals surface area contributed by atoms with Gasteiger partial charge in [0.1, 0.15) is 5.60 Å². The molecule has 2 N–H and O–H groups in total. The fourth-order valence-corrected chi connectivity index (χ4v) is 1.66. The lowest BCUT2D eigenvalue weighted by Gasteiger charge is -2.24. The molecule has 18 heavy (non-hydrogen) atoms. The summed E-state index contributed by atoms with van der Waals surface area (Å²) in [7, 11) is 0. The number of carbonyl (C=O) groups excluding carboxylic acids is 1. The molecular weight excluding hydrogens is 226 g/mol. The molecule has 1 aliphatic carbocycles. The summed E-state index contributed by atoms with van der Waals surface area (Å²) in [5, 5.41) is 0. The average molecular weight is 249 g/mol. The number of carbonyl (C=O) groups is 1. The highest BCUT2D eigenvalue weighted by Crippen LogP contribution is 2.22. The average Bonchev–Trinajstić information content (AvgIpc) is 2.50. The molecular formula is C15H23NO2. The number of nitrogens with two attached hydrogens (primary N) is 1. The molecule has 0 aromatic rings. The Balaban J connectivity index is 2.92. The van der Waals surface area contributed by atoms with E-state index in [2.05, 4.69) is 0 Å². The van der Waals surface area contributed by atoms with E-state index in [4.69, 9.17) is 10.5 Å². The van der Waals surface area contributed by atoms with Crippen molar-refractivity contribution in [3.8, 4) is 0 Å². The first-order chi connectivity index (χ1) is 8.39. The lowest BCUT2D eigenvalue weighted by atomic mass is 10.0. The zero-order valence-corrected chi connectivity index (χ0v) is 11.7. The van der Waals surface area contributed by atoms with Crippen molar-refractivity contribution >= 4 is 5.97 Å². The second-order valence-corrected chi connectivity index (χ2v) is 5.19. The summed E-state index contributed by atoms with van der Waals surface area (Å²) in [5.41, 5.74) is 7.90.